The molecule has 4 aromatic rings. The SMILES string of the molecule is O=c1c(-c2cccc(Cl)c2)cn2ccn(Cc3cccc(Cl)c3)c(=O)c2c1O. The first-order chi connectivity index (χ1) is 13.4. The maximum Gasteiger partial charge on any atom is 0.279 e. The van der Waals surface area contributed by atoms with E-state index in [0.29, 0.717) is 15.6 Å². The van der Waals surface area contributed by atoms with E-state index in [9.17, 15) is 14.7 Å². The number of hydrogen-bond donors (Lipinski definition) is 1. The highest BCUT2D eigenvalue weighted by Gasteiger charge is 2.16. The maximum absolute atomic E-state index is 12.9. The molecule has 0 atom stereocenters. The number of hydrogen-bond acceptors (Lipinski definition) is 3. The molecule has 2 heterocycles. The molecule has 0 aliphatic rings. The van der Waals surface area contributed by atoms with Crippen molar-refractivity contribution in [2.45, 2.75) is 6.54 Å². The second-order valence-electron chi connectivity index (χ2n) is 6.35. The third-order valence-corrected chi connectivity index (χ3v) is 4.93. The van der Waals surface area contributed by atoms with Gasteiger partial charge in [0.2, 0.25) is 5.43 Å². The normalized spacial score (nSPS) is 11.1. The molecule has 0 aliphatic carbocycles. The highest BCUT2D eigenvalue weighted by Crippen LogP contribution is 2.23. The Morgan fingerprint density at radius 2 is 1.64 bits per heavy atom. The van der Waals surface area contributed by atoms with Crippen LogP contribution in [0.4, 0.5) is 0 Å². The van der Waals surface area contributed by atoms with Crippen LogP contribution >= 0.6 is 23.2 Å². The van der Waals surface area contributed by atoms with Gasteiger partial charge in [0.15, 0.2) is 11.3 Å². The molecular weight excluding hydrogens is 399 g/mol. The van der Waals surface area contributed by atoms with Crippen LogP contribution in [0.15, 0.2) is 76.7 Å². The first-order valence-electron chi connectivity index (χ1n) is 8.42. The lowest BCUT2D eigenvalue weighted by molar-refractivity contribution is 0.472. The van der Waals surface area contributed by atoms with Gasteiger partial charge in [-0.2, -0.15) is 0 Å². The van der Waals surface area contributed by atoms with Gasteiger partial charge in [0.05, 0.1) is 6.54 Å². The molecule has 0 saturated heterocycles. The van der Waals surface area contributed by atoms with Crippen LogP contribution in [0.5, 0.6) is 5.75 Å². The molecule has 1 N–H and O–H groups in total. The van der Waals surface area contributed by atoms with Crippen molar-refractivity contribution in [2.24, 2.45) is 0 Å². The summed E-state index contributed by atoms with van der Waals surface area (Å²) in [4.78, 5) is 25.6. The molecule has 0 bridgehead atoms. The van der Waals surface area contributed by atoms with Gasteiger partial charge in [0, 0.05) is 34.2 Å². The first-order valence-corrected chi connectivity index (χ1v) is 9.17. The molecule has 0 unspecified atom stereocenters. The van der Waals surface area contributed by atoms with E-state index in [0.717, 1.165) is 5.56 Å². The van der Waals surface area contributed by atoms with E-state index in [-0.39, 0.29) is 17.6 Å². The number of halogens is 2. The number of benzene rings is 2. The van der Waals surface area contributed by atoms with Crippen LogP contribution < -0.4 is 11.0 Å². The Hall–Kier alpha value is -3.02. The van der Waals surface area contributed by atoms with Crippen LogP contribution in [0.2, 0.25) is 10.0 Å². The summed E-state index contributed by atoms with van der Waals surface area (Å²) in [6.45, 7) is 0.263. The molecule has 0 aliphatic heterocycles. The summed E-state index contributed by atoms with van der Waals surface area (Å²) in [6.07, 6.45) is 4.74. The fourth-order valence-electron chi connectivity index (χ4n) is 3.12. The van der Waals surface area contributed by atoms with Gasteiger partial charge in [-0.1, -0.05) is 47.5 Å². The largest absolute Gasteiger partial charge is 0.503 e. The van der Waals surface area contributed by atoms with Crippen molar-refractivity contribution in [1.29, 1.82) is 0 Å². The van der Waals surface area contributed by atoms with Crippen LogP contribution in [0.25, 0.3) is 16.6 Å². The number of fused-ring (bicyclic) bond motifs is 1. The van der Waals surface area contributed by atoms with Gasteiger partial charge < -0.3 is 14.1 Å². The number of rotatable bonds is 3. The molecule has 2 aromatic heterocycles. The van der Waals surface area contributed by atoms with Crippen molar-refractivity contribution in [3.8, 4) is 16.9 Å². The van der Waals surface area contributed by atoms with Crippen LogP contribution in [0.3, 0.4) is 0 Å². The summed E-state index contributed by atoms with van der Waals surface area (Å²) < 4.78 is 2.86. The van der Waals surface area contributed by atoms with Crippen molar-refractivity contribution < 1.29 is 5.11 Å². The molecule has 4 rings (SSSR count). The van der Waals surface area contributed by atoms with E-state index in [2.05, 4.69) is 0 Å². The highest BCUT2D eigenvalue weighted by molar-refractivity contribution is 6.31. The van der Waals surface area contributed by atoms with Gasteiger partial charge >= 0.3 is 0 Å². The molecule has 0 radical (unpaired) electrons. The molecule has 0 saturated carbocycles. The van der Waals surface area contributed by atoms with Crippen molar-refractivity contribution in [1.82, 2.24) is 8.97 Å². The summed E-state index contributed by atoms with van der Waals surface area (Å²) in [6, 6.07) is 13.9. The molecule has 140 valence electrons. The topological polar surface area (TPSA) is 63.7 Å². The predicted molar refractivity (Wildman–Crippen MR) is 111 cm³/mol. The molecule has 0 spiro atoms. The Labute approximate surface area is 169 Å². The molecule has 0 amide bonds. The number of pyridine rings is 1. The van der Waals surface area contributed by atoms with Crippen molar-refractivity contribution in [3.63, 3.8) is 0 Å². The third kappa shape index (κ3) is 3.30. The van der Waals surface area contributed by atoms with Gasteiger partial charge in [0.25, 0.3) is 5.56 Å². The maximum atomic E-state index is 12.9. The second kappa shape index (κ2) is 7.19. The monoisotopic (exact) mass is 412 g/mol. The average molecular weight is 413 g/mol. The van der Waals surface area contributed by atoms with Crippen molar-refractivity contribution >= 4 is 28.7 Å². The van der Waals surface area contributed by atoms with Crippen LogP contribution in [-0.2, 0) is 6.54 Å². The Morgan fingerprint density at radius 1 is 0.929 bits per heavy atom. The van der Waals surface area contributed by atoms with Crippen LogP contribution in [0, 0.1) is 0 Å². The summed E-state index contributed by atoms with van der Waals surface area (Å²) >= 11 is 12.0. The van der Waals surface area contributed by atoms with Gasteiger partial charge in [-0.15, -0.1) is 0 Å². The molecule has 0 fully saturated rings. The summed E-state index contributed by atoms with van der Waals surface area (Å²) in [7, 11) is 0. The lowest BCUT2D eigenvalue weighted by Crippen LogP contribution is -2.24. The molecule has 7 heteroatoms. The van der Waals surface area contributed by atoms with E-state index < -0.39 is 16.7 Å². The van der Waals surface area contributed by atoms with Crippen molar-refractivity contribution in [2.75, 3.05) is 0 Å². The Balaban J connectivity index is 1.88. The molecule has 28 heavy (non-hydrogen) atoms. The lowest BCUT2D eigenvalue weighted by atomic mass is 10.1. The zero-order valence-corrected chi connectivity index (χ0v) is 16.0. The summed E-state index contributed by atoms with van der Waals surface area (Å²) in [5, 5.41) is 11.5. The number of aromatic nitrogens is 2. The van der Waals surface area contributed by atoms with Crippen LogP contribution in [-0.4, -0.2) is 14.1 Å². The van der Waals surface area contributed by atoms with E-state index in [1.165, 1.54) is 15.2 Å². The minimum Gasteiger partial charge on any atom is -0.503 e. The summed E-state index contributed by atoms with van der Waals surface area (Å²) in [5.74, 6) is -0.595. The van der Waals surface area contributed by atoms with Gasteiger partial charge in [0.1, 0.15) is 0 Å². The Bertz CT molecular complexity index is 1330. The van der Waals surface area contributed by atoms with Crippen molar-refractivity contribution in [3.05, 3.63) is 103 Å². The highest BCUT2D eigenvalue weighted by atomic mass is 35.5. The number of nitrogens with zero attached hydrogens (tertiary/aromatic N) is 2. The average Bonchev–Trinajstić information content (AvgIpc) is 2.66. The fraction of sp³-hybridized carbons (Fsp3) is 0.0476. The fourth-order valence-corrected chi connectivity index (χ4v) is 3.53. The minimum absolute atomic E-state index is 0.0830. The standard InChI is InChI=1S/C21H14Cl2N2O3/c22-15-5-1-3-13(9-15)11-25-8-7-24-12-17(14-4-2-6-16(23)10-14)19(26)20(27)18(24)21(25)28/h1-10,12,27H,11H2. The van der Waals surface area contributed by atoms with E-state index in [1.807, 2.05) is 6.07 Å². The van der Waals surface area contributed by atoms with E-state index in [4.69, 9.17) is 23.2 Å². The smallest absolute Gasteiger partial charge is 0.279 e. The Morgan fingerprint density at radius 3 is 2.36 bits per heavy atom. The first kappa shape index (κ1) is 18.3. The molecular formula is C21H14Cl2N2O3. The van der Waals surface area contributed by atoms with E-state index >= 15 is 0 Å². The lowest BCUT2D eigenvalue weighted by Gasteiger charge is -2.11. The second-order valence-corrected chi connectivity index (χ2v) is 7.22. The zero-order valence-electron chi connectivity index (χ0n) is 14.5. The number of aromatic hydroxyl groups is 1. The molecule has 2 aromatic carbocycles. The Kier molecular flexibility index (Phi) is 4.71. The summed E-state index contributed by atoms with van der Waals surface area (Å²) in [5.41, 5.74) is 0.459. The van der Waals surface area contributed by atoms with Crippen LogP contribution in [0.1, 0.15) is 5.56 Å². The third-order valence-electron chi connectivity index (χ3n) is 4.46. The van der Waals surface area contributed by atoms with E-state index in [1.54, 1.807) is 54.9 Å². The zero-order chi connectivity index (χ0) is 19.8. The quantitative estimate of drug-likeness (QED) is 0.548. The van der Waals surface area contributed by atoms with Gasteiger partial charge in [-0.25, -0.2) is 0 Å². The predicted octanol–water partition coefficient (Wildman–Crippen LogP) is 4.19. The van der Waals surface area contributed by atoms with Gasteiger partial charge in [-0.05, 0) is 35.4 Å². The minimum atomic E-state index is -0.625. The molecule has 5 nitrogen and oxygen atoms in total. The van der Waals surface area contributed by atoms with Gasteiger partial charge in [-0.3, -0.25) is 9.59 Å².